The molecule has 11 heavy (non-hydrogen) atoms. The predicted molar refractivity (Wildman–Crippen MR) is 44.8 cm³/mol. The third-order valence-corrected chi connectivity index (χ3v) is 2.15. The quantitative estimate of drug-likeness (QED) is 0.484. The summed E-state index contributed by atoms with van der Waals surface area (Å²) in [6.45, 7) is 1.97. The van der Waals surface area contributed by atoms with E-state index in [1.165, 1.54) is 7.11 Å². The lowest BCUT2D eigenvalue weighted by Crippen LogP contribution is -2.07. The number of hydrogen-bond acceptors (Lipinski definition) is 4. The Bertz CT molecular complexity index is 136. The van der Waals surface area contributed by atoms with Crippen molar-refractivity contribution < 1.29 is 14.3 Å². The van der Waals surface area contributed by atoms with Crippen LogP contribution < -0.4 is 0 Å². The zero-order valence-corrected chi connectivity index (χ0v) is 7.52. The van der Waals surface area contributed by atoms with Crippen LogP contribution in [0.1, 0.15) is 19.8 Å². The Balaban J connectivity index is 3.67. The number of thioether (sulfide) groups is 1. The third kappa shape index (κ3) is 4.84. The highest BCUT2D eigenvalue weighted by atomic mass is 32.2. The van der Waals surface area contributed by atoms with Gasteiger partial charge >= 0.3 is 5.30 Å². The maximum atomic E-state index is 10.6. The normalized spacial score (nSPS) is 12.2. The Morgan fingerprint density at radius 3 is 2.73 bits per heavy atom. The molecule has 0 radical (unpaired) electrons. The van der Waals surface area contributed by atoms with Crippen LogP contribution in [-0.2, 0) is 9.53 Å². The van der Waals surface area contributed by atoms with Gasteiger partial charge in [0.05, 0.1) is 12.4 Å². The zero-order valence-electron chi connectivity index (χ0n) is 6.70. The molecule has 0 amide bonds. The van der Waals surface area contributed by atoms with Crippen molar-refractivity contribution in [1.82, 2.24) is 0 Å². The van der Waals surface area contributed by atoms with Gasteiger partial charge in [0.1, 0.15) is 6.29 Å². The number of rotatable bonds is 4. The largest absolute Gasteiger partial charge is 0.461 e. The van der Waals surface area contributed by atoms with Crippen molar-refractivity contribution in [2.75, 3.05) is 7.11 Å². The predicted octanol–water partition coefficient (Wildman–Crippen LogP) is 1.85. The lowest BCUT2D eigenvalue weighted by molar-refractivity contribution is -0.107. The molecule has 64 valence electrons. The van der Waals surface area contributed by atoms with Gasteiger partial charge in [-0.25, -0.2) is 4.79 Å². The molecule has 0 spiro atoms. The Morgan fingerprint density at radius 2 is 2.36 bits per heavy atom. The molecule has 4 heteroatoms. The summed E-state index contributed by atoms with van der Waals surface area (Å²) in [5.74, 6) is 0. The van der Waals surface area contributed by atoms with Gasteiger partial charge < -0.3 is 9.53 Å². The van der Waals surface area contributed by atoms with Gasteiger partial charge in [0.25, 0.3) is 0 Å². The summed E-state index contributed by atoms with van der Waals surface area (Å²) in [6.07, 6.45) is 2.40. The summed E-state index contributed by atoms with van der Waals surface area (Å²) in [7, 11) is 1.31. The average Bonchev–Trinajstić information content (AvgIpc) is 2.03. The van der Waals surface area contributed by atoms with Gasteiger partial charge in [-0.1, -0.05) is 13.3 Å². The van der Waals surface area contributed by atoms with Gasteiger partial charge in [-0.2, -0.15) is 0 Å². The average molecular weight is 176 g/mol. The molecule has 1 unspecified atom stereocenters. The van der Waals surface area contributed by atoms with Crippen molar-refractivity contribution in [3.63, 3.8) is 0 Å². The van der Waals surface area contributed by atoms with Crippen LogP contribution in [0.5, 0.6) is 0 Å². The number of hydrogen-bond donors (Lipinski definition) is 0. The van der Waals surface area contributed by atoms with E-state index in [-0.39, 0.29) is 5.25 Å². The van der Waals surface area contributed by atoms with E-state index in [2.05, 4.69) is 4.74 Å². The van der Waals surface area contributed by atoms with Gasteiger partial charge in [-0.3, -0.25) is 0 Å². The molecule has 0 aromatic heterocycles. The third-order valence-electron chi connectivity index (χ3n) is 1.14. The fourth-order valence-corrected chi connectivity index (χ4v) is 1.36. The lowest BCUT2D eigenvalue weighted by atomic mass is 10.3. The van der Waals surface area contributed by atoms with Gasteiger partial charge in [-0.15, -0.1) is 0 Å². The maximum absolute atomic E-state index is 10.6. The molecule has 3 nitrogen and oxygen atoms in total. The SMILES string of the molecule is CCCC(C=O)SC(=O)OC. The molecule has 0 saturated carbocycles. The lowest BCUT2D eigenvalue weighted by Gasteiger charge is -2.04. The van der Waals surface area contributed by atoms with E-state index >= 15 is 0 Å². The van der Waals surface area contributed by atoms with E-state index in [0.717, 1.165) is 30.9 Å². The molecule has 0 bridgehead atoms. The minimum atomic E-state index is -0.393. The highest BCUT2D eigenvalue weighted by Gasteiger charge is 2.12. The minimum Gasteiger partial charge on any atom is -0.461 e. The molecule has 1 atom stereocenters. The van der Waals surface area contributed by atoms with Crippen LogP contribution in [0.4, 0.5) is 4.79 Å². The molecule has 0 aliphatic carbocycles. The van der Waals surface area contributed by atoms with Crippen molar-refractivity contribution in [2.24, 2.45) is 0 Å². The fraction of sp³-hybridized carbons (Fsp3) is 0.714. The molecule has 0 saturated heterocycles. The molecular weight excluding hydrogens is 164 g/mol. The van der Waals surface area contributed by atoms with Crippen LogP contribution >= 0.6 is 11.8 Å². The summed E-state index contributed by atoms with van der Waals surface area (Å²) in [5.41, 5.74) is 0. The van der Waals surface area contributed by atoms with E-state index in [1.807, 2.05) is 6.92 Å². The first-order chi connectivity index (χ1) is 5.24. The van der Waals surface area contributed by atoms with Crippen molar-refractivity contribution in [3.05, 3.63) is 0 Å². The van der Waals surface area contributed by atoms with Crippen LogP contribution in [-0.4, -0.2) is 23.9 Å². The van der Waals surface area contributed by atoms with Crippen LogP contribution in [0.3, 0.4) is 0 Å². The van der Waals surface area contributed by atoms with Crippen molar-refractivity contribution in [3.8, 4) is 0 Å². The van der Waals surface area contributed by atoms with Gasteiger partial charge in [0, 0.05) is 0 Å². The Kier molecular flexibility index (Phi) is 5.93. The highest BCUT2D eigenvalue weighted by molar-refractivity contribution is 8.14. The number of carbonyl (C=O) groups excluding carboxylic acids is 2. The number of ether oxygens (including phenoxy) is 1. The summed E-state index contributed by atoms with van der Waals surface area (Å²) in [6, 6.07) is 0. The molecular formula is C7H12O3S. The van der Waals surface area contributed by atoms with Crippen LogP contribution in [0.25, 0.3) is 0 Å². The van der Waals surface area contributed by atoms with Gasteiger partial charge in [0.15, 0.2) is 0 Å². The second kappa shape index (κ2) is 6.22. The second-order valence-electron chi connectivity index (χ2n) is 2.04. The smallest absolute Gasteiger partial charge is 0.367 e. The molecule has 0 heterocycles. The number of methoxy groups -OCH3 is 1. The van der Waals surface area contributed by atoms with E-state index in [4.69, 9.17) is 0 Å². The van der Waals surface area contributed by atoms with Gasteiger partial charge in [0.2, 0.25) is 0 Å². The molecule has 0 aliphatic heterocycles. The van der Waals surface area contributed by atoms with Crippen molar-refractivity contribution >= 4 is 23.3 Å². The molecule has 0 N–H and O–H groups in total. The summed E-state index contributed by atoms with van der Waals surface area (Å²) < 4.78 is 4.39. The second-order valence-corrected chi connectivity index (χ2v) is 3.21. The molecule has 0 aromatic carbocycles. The minimum absolute atomic E-state index is 0.243. The summed E-state index contributed by atoms with van der Waals surface area (Å²) in [5, 5.41) is -0.636. The van der Waals surface area contributed by atoms with E-state index < -0.39 is 5.30 Å². The summed E-state index contributed by atoms with van der Waals surface area (Å²) >= 11 is 0.940. The fourth-order valence-electron chi connectivity index (χ4n) is 0.611. The molecule has 0 rings (SSSR count). The van der Waals surface area contributed by atoms with Crippen molar-refractivity contribution in [2.45, 2.75) is 25.0 Å². The van der Waals surface area contributed by atoms with Gasteiger partial charge in [-0.05, 0) is 18.2 Å². The van der Waals surface area contributed by atoms with Crippen LogP contribution in [0.15, 0.2) is 0 Å². The standard InChI is InChI=1S/C7H12O3S/c1-3-4-6(5-8)11-7(9)10-2/h5-6H,3-4H2,1-2H3. The maximum Gasteiger partial charge on any atom is 0.367 e. The number of carbonyl (C=O) groups is 2. The van der Waals surface area contributed by atoms with Crippen molar-refractivity contribution in [1.29, 1.82) is 0 Å². The Labute approximate surface area is 70.5 Å². The summed E-state index contributed by atoms with van der Waals surface area (Å²) in [4.78, 5) is 21.0. The topological polar surface area (TPSA) is 43.4 Å². The first-order valence-corrected chi connectivity index (χ1v) is 4.32. The molecule has 0 aromatic rings. The highest BCUT2D eigenvalue weighted by Crippen LogP contribution is 2.15. The zero-order chi connectivity index (χ0) is 8.69. The first kappa shape index (κ1) is 10.5. The monoisotopic (exact) mass is 176 g/mol. The molecule has 0 fully saturated rings. The van der Waals surface area contributed by atoms with E-state index in [1.54, 1.807) is 0 Å². The number of aldehydes is 1. The van der Waals surface area contributed by atoms with Crippen LogP contribution in [0.2, 0.25) is 0 Å². The Hall–Kier alpha value is -0.510. The van der Waals surface area contributed by atoms with Crippen LogP contribution in [0, 0.1) is 0 Å². The van der Waals surface area contributed by atoms with E-state index in [0.29, 0.717) is 0 Å². The van der Waals surface area contributed by atoms with E-state index in [9.17, 15) is 9.59 Å². The molecule has 0 aliphatic rings. The Morgan fingerprint density at radius 1 is 1.73 bits per heavy atom. The first-order valence-electron chi connectivity index (χ1n) is 3.44.